The van der Waals surface area contributed by atoms with Crippen LogP contribution in [-0.4, -0.2) is 20.7 Å². The highest BCUT2D eigenvalue weighted by atomic mass is 35.5. The predicted molar refractivity (Wildman–Crippen MR) is 75.2 cm³/mol. The number of amides is 1. The average molecular weight is 282 g/mol. The SMILES string of the molecule is CCn1cc(NC(=O)c2ccnc(CN)c2)cn1.Cl. The number of hydrogen-bond donors (Lipinski definition) is 2. The third kappa shape index (κ3) is 3.77. The van der Waals surface area contributed by atoms with Gasteiger partial charge in [-0.1, -0.05) is 0 Å². The molecule has 2 aromatic rings. The van der Waals surface area contributed by atoms with E-state index in [1.165, 1.54) is 0 Å². The molecule has 0 aliphatic carbocycles. The van der Waals surface area contributed by atoms with E-state index in [0.29, 0.717) is 23.5 Å². The van der Waals surface area contributed by atoms with Crippen LogP contribution < -0.4 is 11.1 Å². The van der Waals surface area contributed by atoms with E-state index < -0.39 is 0 Å². The smallest absolute Gasteiger partial charge is 0.255 e. The Balaban J connectivity index is 0.00000180. The molecule has 0 aromatic carbocycles. The van der Waals surface area contributed by atoms with Gasteiger partial charge in [-0.3, -0.25) is 14.5 Å². The van der Waals surface area contributed by atoms with Crippen molar-refractivity contribution in [2.75, 3.05) is 5.32 Å². The molecule has 2 heterocycles. The molecule has 19 heavy (non-hydrogen) atoms. The van der Waals surface area contributed by atoms with Gasteiger partial charge < -0.3 is 11.1 Å². The number of rotatable bonds is 4. The highest BCUT2D eigenvalue weighted by molar-refractivity contribution is 6.04. The zero-order chi connectivity index (χ0) is 13.0. The van der Waals surface area contributed by atoms with E-state index in [9.17, 15) is 4.79 Å². The van der Waals surface area contributed by atoms with Gasteiger partial charge in [-0.2, -0.15) is 5.10 Å². The summed E-state index contributed by atoms with van der Waals surface area (Å²) in [5.41, 5.74) is 7.38. The standard InChI is InChI=1S/C12H15N5O.ClH/c1-2-17-8-11(7-15-17)16-12(18)9-3-4-14-10(5-9)6-13;/h3-5,7-8H,2,6,13H2,1H3,(H,16,18);1H. The molecule has 0 aliphatic rings. The molecule has 0 bridgehead atoms. The fraction of sp³-hybridized carbons (Fsp3) is 0.250. The van der Waals surface area contributed by atoms with Crippen molar-refractivity contribution in [2.45, 2.75) is 20.0 Å². The highest BCUT2D eigenvalue weighted by Crippen LogP contribution is 2.08. The van der Waals surface area contributed by atoms with Crippen LogP contribution in [0.3, 0.4) is 0 Å². The third-order valence-corrected chi connectivity index (χ3v) is 2.50. The number of aryl methyl sites for hydroxylation is 1. The molecule has 0 unspecified atom stereocenters. The van der Waals surface area contributed by atoms with Crippen molar-refractivity contribution in [1.29, 1.82) is 0 Å². The van der Waals surface area contributed by atoms with E-state index in [1.807, 2.05) is 6.92 Å². The summed E-state index contributed by atoms with van der Waals surface area (Å²) in [5.74, 6) is -0.192. The Bertz CT molecular complexity index is 555. The van der Waals surface area contributed by atoms with Crippen LogP contribution in [0.4, 0.5) is 5.69 Å². The van der Waals surface area contributed by atoms with Crippen molar-refractivity contribution in [3.63, 3.8) is 0 Å². The first kappa shape index (κ1) is 15.1. The van der Waals surface area contributed by atoms with Crippen LogP contribution in [0.2, 0.25) is 0 Å². The van der Waals surface area contributed by atoms with Crippen LogP contribution in [0.15, 0.2) is 30.7 Å². The second-order valence-electron chi connectivity index (χ2n) is 3.78. The molecule has 0 atom stereocenters. The van der Waals surface area contributed by atoms with Crippen LogP contribution in [-0.2, 0) is 13.1 Å². The van der Waals surface area contributed by atoms with Gasteiger partial charge in [0.25, 0.3) is 5.91 Å². The lowest BCUT2D eigenvalue weighted by molar-refractivity contribution is 0.102. The lowest BCUT2D eigenvalue weighted by Crippen LogP contribution is -2.12. The minimum Gasteiger partial charge on any atom is -0.325 e. The number of carbonyl (C=O) groups excluding carboxylic acids is 1. The topological polar surface area (TPSA) is 85.8 Å². The Morgan fingerprint density at radius 3 is 2.95 bits per heavy atom. The number of carbonyl (C=O) groups is 1. The molecule has 0 fully saturated rings. The second-order valence-corrected chi connectivity index (χ2v) is 3.78. The molecule has 3 N–H and O–H groups in total. The first-order chi connectivity index (χ1) is 8.72. The number of aromatic nitrogens is 3. The summed E-state index contributed by atoms with van der Waals surface area (Å²) in [6.45, 7) is 3.06. The molecule has 0 saturated carbocycles. The number of anilines is 1. The average Bonchev–Trinajstić information content (AvgIpc) is 2.86. The molecule has 7 heteroatoms. The summed E-state index contributed by atoms with van der Waals surface area (Å²) >= 11 is 0. The summed E-state index contributed by atoms with van der Waals surface area (Å²) in [4.78, 5) is 16.0. The van der Waals surface area contributed by atoms with Crippen molar-refractivity contribution in [3.05, 3.63) is 42.0 Å². The molecule has 2 aromatic heterocycles. The largest absolute Gasteiger partial charge is 0.325 e. The van der Waals surface area contributed by atoms with E-state index in [0.717, 1.165) is 6.54 Å². The predicted octanol–water partition coefficient (Wildman–Crippen LogP) is 1.43. The van der Waals surface area contributed by atoms with Crippen LogP contribution in [0.1, 0.15) is 23.0 Å². The molecule has 0 spiro atoms. The Kier molecular flexibility index (Phi) is 5.47. The minimum absolute atomic E-state index is 0. The Morgan fingerprint density at radius 1 is 1.53 bits per heavy atom. The van der Waals surface area contributed by atoms with Crippen LogP contribution in [0.25, 0.3) is 0 Å². The van der Waals surface area contributed by atoms with E-state index in [-0.39, 0.29) is 18.3 Å². The van der Waals surface area contributed by atoms with E-state index in [2.05, 4.69) is 15.4 Å². The van der Waals surface area contributed by atoms with Gasteiger partial charge >= 0.3 is 0 Å². The zero-order valence-electron chi connectivity index (χ0n) is 10.5. The van der Waals surface area contributed by atoms with Gasteiger partial charge in [0.05, 0.1) is 17.6 Å². The van der Waals surface area contributed by atoms with E-state index >= 15 is 0 Å². The Labute approximate surface area is 117 Å². The van der Waals surface area contributed by atoms with Gasteiger partial charge in [0.1, 0.15) is 0 Å². The van der Waals surface area contributed by atoms with E-state index in [4.69, 9.17) is 5.73 Å². The number of pyridine rings is 1. The van der Waals surface area contributed by atoms with E-state index in [1.54, 1.807) is 35.4 Å². The maximum absolute atomic E-state index is 12.0. The molecule has 102 valence electrons. The summed E-state index contributed by atoms with van der Waals surface area (Å²) in [5, 5.41) is 6.86. The molecule has 2 rings (SSSR count). The minimum atomic E-state index is -0.192. The van der Waals surface area contributed by atoms with Crippen LogP contribution in [0.5, 0.6) is 0 Å². The third-order valence-electron chi connectivity index (χ3n) is 2.50. The van der Waals surface area contributed by atoms with Crippen molar-refractivity contribution >= 4 is 24.0 Å². The van der Waals surface area contributed by atoms with Gasteiger partial charge in [0.2, 0.25) is 0 Å². The molecule has 6 nitrogen and oxygen atoms in total. The molecule has 1 amide bonds. The van der Waals surface area contributed by atoms with Crippen molar-refractivity contribution in [2.24, 2.45) is 5.73 Å². The number of nitrogens with two attached hydrogens (primary N) is 1. The summed E-state index contributed by atoms with van der Waals surface area (Å²) in [7, 11) is 0. The number of nitrogens with one attached hydrogen (secondary N) is 1. The number of halogens is 1. The Morgan fingerprint density at radius 2 is 2.32 bits per heavy atom. The molecule has 0 aliphatic heterocycles. The van der Waals surface area contributed by atoms with Gasteiger partial charge in [-0.05, 0) is 19.1 Å². The maximum atomic E-state index is 12.0. The summed E-state index contributed by atoms with van der Waals surface area (Å²) in [6.07, 6.45) is 4.97. The van der Waals surface area contributed by atoms with Gasteiger partial charge in [-0.15, -0.1) is 12.4 Å². The molecule has 0 saturated heterocycles. The Hall–Kier alpha value is -1.92. The normalized spacial score (nSPS) is 9.79. The van der Waals surface area contributed by atoms with Gasteiger partial charge in [0, 0.05) is 31.0 Å². The lowest BCUT2D eigenvalue weighted by Gasteiger charge is -2.03. The molecular weight excluding hydrogens is 266 g/mol. The van der Waals surface area contributed by atoms with Gasteiger partial charge in [-0.25, -0.2) is 0 Å². The fourth-order valence-electron chi connectivity index (χ4n) is 1.54. The second kappa shape index (κ2) is 6.86. The summed E-state index contributed by atoms with van der Waals surface area (Å²) < 4.78 is 1.74. The first-order valence-corrected chi connectivity index (χ1v) is 5.71. The quantitative estimate of drug-likeness (QED) is 0.888. The first-order valence-electron chi connectivity index (χ1n) is 5.71. The van der Waals surface area contributed by atoms with Crippen molar-refractivity contribution < 1.29 is 4.79 Å². The maximum Gasteiger partial charge on any atom is 0.255 e. The van der Waals surface area contributed by atoms with Crippen LogP contribution >= 0.6 is 12.4 Å². The van der Waals surface area contributed by atoms with Crippen molar-refractivity contribution in [1.82, 2.24) is 14.8 Å². The van der Waals surface area contributed by atoms with Gasteiger partial charge in [0.15, 0.2) is 0 Å². The molecule has 0 radical (unpaired) electrons. The zero-order valence-corrected chi connectivity index (χ0v) is 11.4. The number of nitrogens with zero attached hydrogens (tertiary/aromatic N) is 3. The molecular formula is C12H16ClN5O. The fourth-order valence-corrected chi connectivity index (χ4v) is 1.54. The number of hydrogen-bond acceptors (Lipinski definition) is 4. The van der Waals surface area contributed by atoms with Crippen molar-refractivity contribution in [3.8, 4) is 0 Å². The summed E-state index contributed by atoms with van der Waals surface area (Å²) in [6, 6.07) is 3.33. The monoisotopic (exact) mass is 281 g/mol. The lowest BCUT2D eigenvalue weighted by atomic mass is 10.2. The highest BCUT2D eigenvalue weighted by Gasteiger charge is 2.08. The van der Waals surface area contributed by atoms with Crippen LogP contribution in [0, 0.1) is 0 Å².